The Labute approximate surface area is 166 Å². The van der Waals surface area contributed by atoms with E-state index in [1.807, 2.05) is 0 Å². The number of amides is 2. The van der Waals surface area contributed by atoms with Gasteiger partial charge in [-0.3, -0.25) is 9.59 Å². The highest BCUT2D eigenvalue weighted by Crippen LogP contribution is 2.23. The van der Waals surface area contributed by atoms with Gasteiger partial charge in [0.05, 0.1) is 18.6 Å². The first-order valence-corrected chi connectivity index (χ1v) is 9.12. The first-order valence-electron chi connectivity index (χ1n) is 9.12. The number of hydrogen-bond donors (Lipinski definition) is 3. The lowest BCUT2D eigenvalue weighted by atomic mass is 10.0. The number of aliphatic carboxylic acids is 1. The summed E-state index contributed by atoms with van der Waals surface area (Å²) in [6.45, 7) is 4.58. The lowest BCUT2D eigenvalue weighted by molar-refractivity contribution is -0.309. The number of benzene rings is 1. The first kappa shape index (κ1) is 21.9. The van der Waals surface area contributed by atoms with E-state index in [4.69, 9.17) is 4.42 Å². The zero-order chi connectivity index (χ0) is 21.7. The predicted molar refractivity (Wildman–Crippen MR) is 102 cm³/mol. The number of fused-ring (bicyclic) bond motifs is 1. The molecule has 0 unspecified atom stereocenters. The van der Waals surface area contributed by atoms with Gasteiger partial charge in [-0.25, -0.2) is 4.79 Å². The normalized spacial score (nSPS) is 12.0. The quantitative estimate of drug-likeness (QED) is 0.514. The van der Waals surface area contributed by atoms with Crippen molar-refractivity contribution < 1.29 is 29.0 Å². The average Bonchev–Trinajstić information content (AvgIpc) is 2.63. The van der Waals surface area contributed by atoms with Crippen LogP contribution >= 0.6 is 0 Å². The number of carbonyl (C=O) groups excluding carboxylic acids is 3. The van der Waals surface area contributed by atoms with Crippen LogP contribution in [-0.4, -0.2) is 35.5 Å². The molecule has 1 atom stereocenters. The maximum absolute atomic E-state index is 12.2. The van der Waals surface area contributed by atoms with E-state index in [9.17, 15) is 29.4 Å². The van der Waals surface area contributed by atoms with Crippen molar-refractivity contribution in [2.24, 2.45) is 5.92 Å². The molecule has 0 fully saturated rings. The minimum Gasteiger partial charge on any atom is -0.548 e. The van der Waals surface area contributed by atoms with Crippen molar-refractivity contribution in [2.75, 3.05) is 6.54 Å². The molecule has 0 radical (unpaired) electrons. The van der Waals surface area contributed by atoms with E-state index >= 15 is 0 Å². The van der Waals surface area contributed by atoms with Gasteiger partial charge in [0.15, 0.2) is 0 Å². The summed E-state index contributed by atoms with van der Waals surface area (Å²) in [5.41, 5.74) is 0.639. The van der Waals surface area contributed by atoms with Gasteiger partial charge in [0.2, 0.25) is 11.8 Å². The van der Waals surface area contributed by atoms with Crippen molar-refractivity contribution in [2.45, 2.75) is 39.7 Å². The maximum atomic E-state index is 12.2. The molecule has 2 rings (SSSR count). The Hall–Kier alpha value is -3.36. The molecule has 0 aliphatic carbocycles. The number of hydrogen-bond acceptors (Lipinski definition) is 7. The maximum Gasteiger partial charge on any atom is 0.339 e. The molecule has 9 heteroatoms. The van der Waals surface area contributed by atoms with Gasteiger partial charge in [-0.05, 0) is 37.0 Å². The molecule has 9 nitrogen and oxygen atoms in total. The minimum atomic E-state index is -1.40. The van der Waals surface area contributed by atoms with Crippen LogP contribution in [0.3, 0.4) is 0 Å². The summed E-state index contributed by atoms with van der Waals surface area (Å²) in [5.74, 6) is -2.91. The molecule has 0 saturated heterocycles. The van der Waals surface area contributed by atoms with E-state index in [1.54, 1.807) is 26.8 Å². The van der Waals surface area contributed by atoms with Crippen molar-refractivity contribution in [3.8, 4) is 5.75 Å². The second-order valence-corrected chi connectivity index (χ2v) is 7.06. The average molecular weight is 403 g/mol. The van der Waals surface area contributed by atoms with E-state index in [0.717, 1.165) is 0 Å². The Kier molecular flexibility index (Phi) is 6.98. The number of aryl methyl sites for hydroxylation is 1. The van der Waals surface area contributed by atoms with Crippen LogP contribution in [0.5, 0.6) is 5.75 Å². The number of aromatic hydroxyl groups is 1. The largest absolute Gasteiger partial charge is 0.548 e. The van der Waals surface area contributed by atoms with E-state index in [1.165, 1.54) is 12.1 Å². The summed E-state index contributed by atoms with van der Waals surface area (Å²) in [4.78, 5) is 47.0. The molecule has 2 amide bonds. The highest BCUT2D eigenvalue weighted by atomic mass is 16.4. The number of carbonyl (C=O) groups is 3. The smallest absolute Gasteiger partial charge is 0.339 e. The van der Waals surface area contributed by atoms with Crippen LogP contribution in [0.15, 0.2) is 27.4 Å². The molecular formula is C20H23N2O7-. The fourth-order valence-electron chi connectivity index (χ4n) is 2.90. The standard InChI is InChI=1S/C20H24N2O7/c1-10(2)18(19(26)27)22-17(25)9-21-16(24)7-6-14-11(3)13-5-4-12(23)8-15(13)29-20(14)28/h4-5,8,10,18,23H,6-7,9H2,1-3H3,(H,21,24)(H,22,25)(H,26,27)/p-1/t18-/m0/s1. The number of carboxylic acid groups (broad SMARTS) is 1. The third kappa shape index (κ3) is 5.56. The van der Waals surface area contributed by atoms with Crippen molar-refractivity contribution in [3.63, 3.8) is 0 Å². The molecule has 0 spiro atoms. The topological polar surface area (TPSA) is 149 Å². The number of rotatable bonds is 8. The molecule has 0 aliphatic rings. The fraction of sp³-hybridized carbons (Fsp3) is 0.400. The van der Waals surface area contributed by atoms with Crippen molar-refractivity contribution in [1.82, 2.24) is 10.6 Å². The van der Waals surface area contributed by atoms with Crippen LogP contribution in [0.2, 0.25) is 0 Å². The number of carboxylic acids is 1. The van der Waals surface area contributed by atoms with E-state index < -0.39 is 29.5 Å². The Balaban J connectivity index is 1.96. The number of phenols is 1. The molecule has 0 bridgehead atoms. The summed E-state index contributed by atoms with van der Waals surface area (Å²) >= 11 is 0. The summed E-state index contributed by atoms with van der Waals surface area (Å²) < 4.78 is 5.20. The summed E-state index contributed by atoms with van der Waals surface area (Å²) in [7, 11) is 0. The highest BCUT2D eigenvalue weighted by Gasteiger charge is 2.18. The molecule has 1 heterocycles. The third-order valence-corrected chi connectivity index (χ3v) is 4.56. The minimum absolute atomic E-state index is 0.0242. The van der Waals surface area contributed by atoms with Gasteiger partial charge in [0.25, 0.3) is 0 Å². The van der Waals surface area contributed by atoms with Crippen molar-refractivity contribution >= 4 is 28.8 Å². The Bertz CT molecular complexity index is 994. The van der Waals surface area contributed by atoms with Crippen LogP contribution < -0.4 is 21.4 Å². The predicted octanol–water partition coefficient (Wildman–Crippen LogP) is -0.253. The second-order valence-electron chi connectivity index (χ2n) is 7.06. The molecule has 0 saturated carbocycles. The van der Waals surface area contributed by atoms with Crippen LogP contribution in [-0.2, 0) is 20.8 Å². The Morgan fingerprint density at radius 2 is 1.90 bits per heavy atom. The number of phenolic OH excluding ortho intramolecular Hbond substituents is 1. The molecule has 2 aromatic rings. The van der Waals surface area contributed by atoms with Gasteiger partial charge in [-0.1, -0.05) is 13.8 Å². The van der Waals surface area contributed by atoms with Gasteiger partial charge >= 0.3 is 5.63 Å². The molecule has 3 N–H and O–H groups in total. The molecule has 0 aliphatic heterocycles. The summed E-state index contributed by atoms with van der Waals surface area (Å²) in [6.07, 6.45) is 0.0443. The second kappa shape index (κ2) is 9.22. The number of nitrogens with one attached hydrogen (secondary N) is 2. The zero-order valence-corrected chi connectivity index (χ0v) is 16.4. The van der Waals surface area contributed by atoms with E-state index in [2.05, 4.69) is 10.6 Å². The Morgan fingerprint density at radius 1 is 1.21 bits per heavy atom. The van der Waals surface area contributed by atoms with Crippen LogP contribution in [0, 0.1) is 12.8 Å². The van der Waals surface area contributed by atoms with Gasteiger partial charge in [0, 0.05) is 23.4 Å². The summed E-state index contributed by atoms with van der Waals surface area (Å²) in [6, 6.07) is 3.29. The van der Waals surface area contributed by atoms with Crippen molar-refractivity contribution in [1.29, 1.82) is 0 Å². The first-order chi connectivity index (χ1) is 13.6. The van der Waals surface area contributed by atoms with Crippen molar-refractivity contribution in [3.05, 3.63) is 39.7 Å². The van der Waals surface area contributed by atoms with Gasteiger partial charge in [0.1, 0.15) is 11.3 Å². The fourth-order valence-corrected chi connectivity index (χ4v) is 2.90. The van der Waals surface area contributed by atoms with Crippen LogP contribution in [0.25, 0.3) is 11.0 Å². The third-order valence-electron chi connectivity index (χ3n) is 4.56. The lowest BCUT2D eigenvalue weighted by Crippen LogP contribution is -2.52. The van der Waals surface area contributed by atoms with Crippen LogP contribution in [0.1, 0.15) is 31.4 Å². The lowest BCUT2D eigenvalue weighted by Gasteiger charge is -2.23. The van der Waals surface area contributed by atoms with Gasteiger partial charge in [-0.15, -0.1) is 0 Å². The van der Waals surface area contributed by atoms with E-state index in [0.29, 0.717) is 16.5 Å². The molecule has 1 aromatic heterocycles. The molecule has 156 valence electrons. The van der Waals surface area contributed by atoms with Gasteiger partial charge in [-0.2, -0.15) is 0 Å². The van der Waals surface area contributed by atoms with E-state index in [-0.39, 0.29) is 36.6 Å². The molecular weight excluding hydrogens is 380 g/mol. The zero-order valence-electron chi connectivity index (χ0n) is 16.4. The molecule has 1 aromatic carbocycles. The summed E-state index contributed by atoms with van der Waals surface area (Å²) in [5, 5.41) is 25.8. The Morgan fingerprint density at radius 3 is 2.52 bits per heavy atom. The SMILES string of the molecule is Cc1c(CCC(=O)NCC(=O)N[C@H](C(=O)[O-])C(C)C)c(=O)oc2cc(O)ccc12. The highest BCUT2D eigenvalue weighted by molar-refractivity contribution is 5.88. The monoisotopic (exact) mass is 403 g/mol. The molecule has 29 heavy (non-hydrogen) atoms. The van der Waals surface area contributed by atoms with Crippen LogP contribution in [0.4, 0.5) is 0 Å². The van der Waals surface area contributed by atoms with Gasteiger partial charge < -0.3 is 30.1 Å².